The zero-order valence-corrected chi connectivity index (χ0v) is 10.3. The number of anilines is 1. The maximum atomic E-state index is 11.8. The van der Waals surface area contributed by atoms with Gasteiger partial charge in [0.1, 0.15) is 0 Å². The zero-order chi connectivity index (χ0) is 12.4. The first-order chi connectivity index (χ1) is 8.08. The van der Waals surface area contributed by atoms with Crippen LogP contribution in [0.5, 0.6) is 0 Å². The Balaban J connectivity index is 2.41. The summed E-state index contributed by atoms with van der Waals surface area (Å²) in [7, 11) is 0. The Kier molecular flexibility index (Phi) is 3.13. The van der Waals surface area contributed by atoms with Gasteiger partial charge in [-0.15, -0.1) is 0 Å². The second-order valence-corrected chi connectivity index (χ2v) is 4.61. The van der Waals surface area contributed by atoms with E-state index in [0.717, 1.165) is 11.0 Å². The van der Waals surface area contributed by atoms with E-state index >= 15 is 0 Å². The van der Waals surface area contributed by atoms with Crippen LogP contribution in [0.1, 0.15) is 20.8 Å². The maximum absolute atomic E-state index is 11.8. The van der Waals surface area contributed by atoms with Crippen molar-refractivity contribution in [2.24, 2.45) is 5.92 Å². The molecule has 90 valence electrons. The number of rotatable bonds is 3. The number of para-hydroxylation sites is 2. The summed E-state index contributed by atoms with van der Waals surface area (Å²) in [4.78, 5) is 19.0. The molecule has 2 aromatic rings. The first-order valence-electron chi connectivity index (χ1n) is 5.83. The number of hydrogen-bond acceptors (Lipinski definition) is 3. The Hall–Kier alpha value is -1.84. The first-order valence-corrected chi connectivity index (χ1v) is 5.83. The van der Waals surface area contributed by atoms with Crippen molar-refractivity contribution in [1.29, 1.82) is 0 Å². The third kappa shape index (κ3) is 2.46. The molecule has 1 atom stereocenters. The van der Waals surface area contributed by atoms with Crippen LogP contribution >= 0.6 is 0 Å². The number of fused-ring (bicyclic) bond motifs is 1. The lowest BCUT2D eigenvalue weighted by Crippen LogP contribution is -2.27. The predicted octanol–water partition coefficient (Wildman–Crippen LogP) is 2.38. The SMILES string of the molecule is CC(C)C(C)Nc1nc2ccccc2[nH]c1=O. The molecule has 0 spiro atoms. The number of benzene rings is 1. The van der Waals surface area contributed by atoms with E-state index in [9.17, 15) is 4.79 Å². The molecule has 2 N–H and O–H groups in total. The molecule has 0 bridgehead atoms. The number of H-pyrrole nitrogens is 1. The summed E-state index contributed by atoms with van der Waals surface area (Å²) in [6, 6.07) is 7.73. The van der Waals surface area contributed by atoms with Crippen LogP contribution in [-0.2, 0) is 0 Å². The molecule has 0 radical (unpaired) electrons. The van der Waals surface area contributed by atoms with Gasteiger partial charge >= 0.3 is 0 Å². The molecule has 0 aliphatic carbocycles. The van der Waals surface area contributed by atoms with Crippen LogP contribution in [0, 0.1) is 5.92 Å². The fraction of sp³-hybridized carbons (Fsp3) is 0.385. The summed E-state index contributed by atoms with van der Waals surface area (Å²) in [5.74, 6) is 0.840. The third-order valence-electron chi connectivity index (χ3n) is 2.96. The van der Waals surface area contributed by atoms with Crippen LogP contribution in [0.15, 0.2) is 29.1 Å². The van der Waals surface area contributed by atoms with Gasteiger partial charge in [0, 0.05) is 6.04 Å². The fourth-order valence-electron chi connectivity index (χ4n) is 1.51. The van der Waals surface area contributed by atoms with Crippen LogP contribution in [0.4, 0.5) is 5.82 Å². The highest BCUT2D eigenvalue weighted by molar-refractivity contribution is 5.75. The highest BCUT2D eigenvalue weighted by Crippen LogP contribution is 2.10. The standard InChI is InChI=1S/C13H17N3O/c1-8(2)9(3)14-12-13(17)16-11-7-5-4-6-10(11)15-12/h4-9H,1-3H3,(H,14,15)(H,16,17). The highest BCUT2D eigenvalue weighted by atomic mass is 16.1. The summed E-state index contributed by atoms with van der Waals surface area (Å²) in [5, 5.41) is 3.15. The summed E-state index contributed by atoms with van der Waals surface area (Å²) >= 11 is 0. The van der Waals surface area contributed by atoms with E-state index in [-0.39, 0.29) is 11.6 Å². The van der Waals surface area contributed by atoms with Gasteiger partial charge in [-0.2, -0.15) is 0 Å². The van der Waals surface area contributed by atoms with E-state index in [0.29, 0.717) is 11.7 Å². The smallest absolute Gasteiger partial charge is 0.291 e. The molecule has 0 aliphatic rings. The third-order valence-corrected chi connectivity index (χ3v) is 2.96. The Bertz CT molecular complexity index is 574. The molecule has 1 aromatic carbocycles. The van der Waals surface area contributed by atoms with Gasteiger partial charge in [0.05, 0.1) is 11.0 Å². The molecular weight excluding hydrogens is 214 g/mol. The van der Waals surface area contributed by atoms with Gasteiger partial charge in [0.2, 0.25) is 0 Å². The lowest BCUT2D eigenvalue weighted by Gasteiger charge is -2.17. The number of aromatic nitrogens is 2. The average Bonchev–Trinajstić information content (AvgIpc) is 2.29. The van der Waals surface area contributed by atoms with Crippen LogP contribution in [0.3, 0.4) is 0 Å². The van der Waals surface area contributed by atoms with Crippen molar-refractivity contribution in [3.8, 4) is 0 Å². The van der Waals surface area contributed by atoms with Gasteiger partial charge in [0.15, 0.2) is 5.82 Å². The molecule has 1 unspecified atom stereocenters. The highest BCUT2D eigenvalue weighted by Gasteiger charge is 2.10. The summed E-state index contributed by atoms with van der Waals surface area (Å²) in [6.45, 7) is 6.25. The molecule has 2 rings (SSSR count). The Morgan fingerprint density at radius 2 is 1.94 bits per heavy atom. The molecule has 0 fully saturated rings. The fourth-order valence-corrected chi connectivity index (χ4v) is 1.51. The zero-order valence-electron chi connectivity index (χ0n) is 10.3. The lowest BCUT2D eigenvalue weighted by atomic mass is 10.1. The van der Waals surface area contributed by atoms with Gasteiger partial charge in [-0.1, -0.05) is 26.0 Å². The summed E-state index contributed by atoms with van der Waals surface area (Å²) in [5.41, 5.74) is 1.39. The second-order valence-electron chi connectivity index (χ2n) is 4.61. The quantitative estimate of drug-likeness (QED) is 0.852. The molecule has 0 aliphatic heterocycles. The number of hydrogen-bond donors (Lipinski definition) is 2. The molecule has 4 heteroatoms. The Labute approximate surface area is 100 Å². The molecule has 1 heterocycles. The van der Waals surface area contributed by atoms with Gasteiger partial charge in [-0.3, -0.25) is 4.79 Å². The van der Waals surface area contributed by atoms with Crippen molar-refractivity contribution >= 4 is 16.9 Å². The van der Waals surface area contributed by atoms with Crippen LogP contribution < -0.4 is 10.9 Å². The number of nitrogens with one attached hydrogen (secondary N) is 2. The molecule has 4 nitrogen and oxygen atoms in total. The van der Waals surface area contributed by atoms with Crippen molar-refractivity contribution in [3.63, 3.8) is 0 Å². The predicted molar refractivity (Wildman–Crippen MR) is 70.3 cm³/mol. The molecule has 0 saturated carbocycles. The van der Waals surface area contributed by atoms with Gasteiger partial charge in [-0.25, -0.2) is 4.98 Å². The minimum Gasteiger partial charge on any atom is -0.363 e. The number of aromatic amines is 1. The van der Waals surface area contributed by atoms with E-state index in [4.69, 9.17) is 0 Å². The van der Waals surface area contributed by atoms with E-state index in [1.54, 1.807) is 0 Å². The van der Waals surface area contributed by atoms with Crippen molar-refractivity contribution in [2.45, 2.75) is 26.8 Å². The van der Waals surface area contributed by atoms with Crippen molar-refractivity contribution in [2.75, 3.05) is 5.32 Å². The molecule has 0 saturated heterocycles. The van der Waals surface area contributed by atoms with Crippen LogP contribution in [0.2, 0.25) is 0 Å². The second kappa shape index (κ2) is 4.57. The molecule has 1 aromatic heterocycles. The van der Waals surface area contributed by atoms with Gasteiger partial charge < -0.3 is 10.3 Å². The molecular formula is C13H17N3O. The number of nitrogens with zero attached hydrogens (tertiary/aromatic N) is 1. The van der Waals surface area contributed by atoms with E-state index in [1.165, 1.54) is 0 Å². The minimum absolute atomic E-state index is 0.170. The monoisotopic (exact) mass is 231 g/mol. The first kappa shape index (κ1) is 11.6. The molecule has 17 heavy (non-hydrogen) atoms. The van der Waals surface area contributed by atoms with E-state index in [1.807, 2.05) is 31.2 Å². The van der Waals surface area contributed by atoms with E-state index in [2.05, 4.69) is 29.1 Å². The summed E-state index contributed by atoms with van der Waals surface area (Å²) in [6.07, 6.45) is 0. The average molecular weight is 231 g/mol. The van der Waals surface area contributed by atoms with E-state index < -0.39 is 0 Å². The summed E-state index contributed by atoms with van der Waals surface area (Å²) < 4.78 is 0. The Morgan fingerprint density at radius 3 is 2.65 bits per heavy atom. The van der Waals surface area contributed by atoms with Crippen molar-refractivity contribution in [1.82, 2.24) is 9.97 Å². The Morgan fingerprint density at radius 1 is 1.24 bits per heavy atom. The minimum atomic E-state index is -0.170. The van der Waals surface area contributed by atoms with Crippen molar-refractivity contribution < 1.29 is 0 Å². The maximum Gasteiger partial charge on any atom is 0.291 e. The van der Waals surface area contributed by atoms with Crippen LogP contribution in [-0.4, -0.2) is 16.0 Å². The van der Waals surface area contributed by atoms with Gasteiger partial charge in [-0.05, 0) is 25.0 Å². The lowest BCUT2D eigenvalue weighted by molar-refractivity contribution is 0.558. The van der Waals surface area contributed by atoms with Crippen molar-refractivity contribution in [3.05, 3.63) is 34.6 Å². The topological polar surface area (TPSA) is 57.8 Å². The van der Waals surface area contributed by atoms with Crippen LogP contribution in [0.25, 0.3) is 11.0 Å². The normalized spacial score (nSPS) is 12.9. The molecule has 0 amide bonds. The largest absolute Gasteiger partial charge is 0.363 e. The van der Waals surface area contributed by atoms with Gasteiger partial charge in [0.25, 0.3) is 5.56 Å².